The third kappa shape index (κ3) is 3.26. The number of halogens is 1. The summed E-state index contributed by atoms with van der Waals surface area (Å²) >= 11 is 6.02. The molecule has 0 aliphatic carbocycles. The van der Waals surface area contributed by atoms with Crippen LogP contribution in [-0.2, 0) is 6.54 Å². The molecule has 3 nitrogen and oxygen atoms in total. The van der Waals surface area contributed by atoms with Gasteiger partial charge in [-0.1, -0.05) is 48.0 Å². The maximum Gasteiger partial charge on any atom is 0.0998 e. The average Bonchev–Trinajstić information content (AvgIpc) is 2.69. The Morgan fingerprint density at radius 1 is 0.885 bits per heavy atom. The third-order valence-electron chi connectivity index (χ3n) is 4.96. The summed E-state index contributed by atoms with van der Waals surface area (Å²) in [6.07, 6.45) is 2.36. The van der Waals surface area contributed by atoms with Crippen LogP contribution in [0.4, 0.5) is 5.69 Å². The maximum atomic E-state index is 9.42. The summed E-state index contributed by atoms with van der Waals surface area (Å²) in [6.45, 7) is 2.87. The zero-order valence-corrected chi connectivity index (χ0v) is 15.3. The molecule has 0 bridgehead atoms. The molecule has 3 aromatic carbocycles. The van der Waals surface area contributed by atoms with E-state index in [2.05, 4.69) is 40.4 Å². The second kappa shape index (κ2) is 7.37. The minimum absolute atomic E-state index is 0.727. The predicted molar refractivity (Wildman–Crippen MR) is 107 cm³/mol. The second-order valence-corrected chi connectivity index (χ2v) is 7.07. The van der Waals surface area contributed by atoms with Gasteiger partial charge in [-0.05, 0) is 42.7 Å². The van der Waals surface area contributed by atoms with Gasteiger partial charge in [0.2, 0.25) is 0 Å². The first-order valence-corrected chi connectivity index (χ1v) is 9.33. The van der Waals surface area contributed by atoms with Gasteiger partial charge in [-0.25, -0.2) is 5.01 Å². The van der Waals surface area contributed by atoms with Crippen molar-refractivity contribution in [2.45, 2.75) is 19.4 Å². The molecular weight excluding hydrogens is 342 g/mol. The summed E-state index contributed by atoms with van der Waals surface area (Å²) in [7, 11) is 0. The first-order chi connectivity index (χ1) is 12.8. The van der Waals surface area contributed by atoms with Crippen molar-refractivity contribution in [1.29, 1.82) is 5.26 Å². The molecule has 1 heterocycles. The van der Waals surface area contributed by atoms with E-state index in [0.29, 0.717) is 0 Å². The Balaban J connectivity index is 1.72. The van der Waals surface area contributed by atoms with Crippen LogP contribution in [0, 0.1) is 11.3 Å². The van der Waals surface area contributed by atoms with E-state index in [-0.39, 0.29) is 0 Å². The number of anilines is 1. The van der Waals surface area contributed by atoms with E-state index in [1.165, 1.54) is 24.1 Å². The van der Waals surface area contributed by atoms with Crippen molar-refractivity contribution in [3.63, 3.8) is 0 Å². The molecule has 1 aliphatic heterocycles. The number of rotatable bonds is 3. The quantitative estimate of drug-likeness (QED) is 0.627. The molecule has 4 heteroatoms. The zero-order chi connectivity index (χ0) is 17.9. The number of hydrazine groups is 1. The minimum Gasteiger partial charge on any atom is -0.305 e. The van der Waals surface area contributed by atoms with E-state index in [9.17, 15) is 5.26 Å². The summed E-state index contributed by atoms with van der Waals surface area (Å²) < 4.78 is 0. The minimum atomic E-state index is 0.727. The number of nitriles is 1. The van der Waals surface area contributed by atoms with Gasteiger partial charge in [-0.15, -0.1) is 0 Å². The molecule has 0 saturated carbocycles. The molecule has 0 amide bonds. The number of hydrogen-bond donors (Lipinski definition) is 0. The van der Waals surface area contributed by atoms with Crippen LogP contribution in [0.1, 0.15) is 24.0 Å². The van der Waals surface area contributed by atoms with Crippen LogP contribution in [0.2, 0.25) is 5.02 Å². The fraction of sp³-hybridized carbons (Fsp3) is 0.227. The second-order valence-electron chi connectivity index (χ2n) is 6.63. The van der Waals surface area contributed by atoms with Crippen LogP contribution in [0.5, 0.6) is 0 Å². The van der Waals surface area contributed by atoms with Gasteiger partial charge in [0.1, 0.15) is 0 Å². The van der Waals surface area contributed by atoms with E-state index in [0.717, 1.165) is 41.0 Å². The van der Waals surface area contributed by atoms with Gasteiger partial charge in [0, 0.05) is 35.4 Å². The molecule has 1 aliphatic rings. The largest absolute Gasteiger partial charge is 0.305 e. The van der Waals surface area contributed by atoms with Crippen LogP contribution in [0.15, 0.2) is 60.7 Å². The molecule has 4 rings (SSSR count). The van der Waals surface area contributed by atoms with Crippen molar-refractivity contribution < 1.29 is 0 Å². The van der Waals surface area contributed by atoms with Gasteiger partial charge in [0.25, 0.3) is 0 Å². The molecule has 0 atom stereocenters. The lowest BCUT2D eigenvalue weighted by Gasteiger charge is -2.41. The van der Waals surface area contributed by atoms with Gasteiger partial charge < -0.3 is 5.01 Å². The van der Waals surface area contributed by atoms with E-state index in [1.54, 1.807) is 0 Å². The molecule has 0 unspecified atom stereocenters. The van der Waals surface area contributed by atoms with Crippen LogP contribution in [0.25, 0.3) is 10.8 Å². The lowest BCUT2D eigenvalue weighted by molar-refractivity contribution is 0.205. The standard InChI is InChI=1S/C22H20ClN3/c23-19-10-7-17(8-11-19)16-25-13-3-4-14-26(25)22-12-9-18(15-24)20-5-1-2-6-21(20)22/h1-2,5-12H,3-4,13-14,16H2. The molecule has 0 aromatic heterocycles. The van der Waals surface area contributed by atoms with E-state index in [1.807, 2.05) is 36.4 Å². The molecule has 0 spiro atoms. The molecule has 1 saturated heterocycles. The maximum absolute atomic E-state index is 9.42. The highest BCUT2D eigenvalue weighted by molar-refractivity contribution is 6.30. The molecule has 130 valence electrons. The molecule has 3 aromatic rings. The summed E-state index contributed by atoms with van der Waals surface area (Å²) in [5.41, 5.74) is 3.15. The highest BCUT2D eigenvalue weighted by atomic mass is 35.5. The van der Waals surface area contributed by atoms with Crippen LogP contribution >= 0.6 is 11.6 Å². The van der Waals surface area contributed by atoms with Crippen molar-refractivity contribution in [3.8, 4) is 6.07 Å². The van der Waals surface area contributed by atoms with Gasteiger partial charge in [0.15, 0.2) is 0 Å². The van der Waals surface area contributed by atoms with Gasteiger partial charge >= 0.3 is 0 Å². The summed E-state index contributed by atoms with van der Waals surface area (Å²) in [5.74, 6) is 0. The monoisotopic (exact) mass is 361 g/mol. The Labute approximate surface area is 159 Å². The lowest BCUT2D eigenvalue weighted by Crippen LogP contribution is -2.47. The van der Waals surface area contributed by atoms with Crippen molar-refractivity contribution in [1.82, 2.24) is 5.01 Å². The normalized spacial score (nSPS) is 15.2. The summed E-state index contributed by atoms with van der Waals surface area (Å²) in [6, 6.07) is 22.6. The third-order valence-corrected chi connectivity index (χ3v) is 5.21. The molecule has 1 fully saturated rings. The van der Waals surface area contributed by atoms with E-state index < -0.39 is 0 Å². The van der Waals surface area contributed by atoms with Crippen molar-refractivity contribution in [2.24, 2.45) is 0 Å². The van der Waals surface area contributed by atoms with Crippen molar-refractivity contribution in [2.75, 3.05) is 18.1 Å². The highest BCUT2D eigenvalue weighted by Gasteiger charge is 2.22. The number of nitrogens with zero attached hydrogens (tertiary/aromatic N) is 3. The van der Waals surface area contributed by atoms with E-state index >= 15 is 0 Å². The van der Waals surface area contributed by atoms with Gasteiger partial charge in [-0.2, -0.15) is 5.26 Å². The topological polar surface area (TPSA) is 30.3 Å². The molecular formula is C22H20ClN3. The Morgan fingerprint density at radius 3 is 2.38 bits per heavy atom. The zero-order valence-electron chi connectivity index (χ0n) is 14.5. The number of hydrogen-bond acceptors (Lipinski definition) is 3. The van der Waals surface area contributed by atoms with Crippen molar-refractivity contribution in [3.05, 3.63) is 76.8 Å². The van der Waals surface area contributed by atoms with Gasteiger partial charge in [0.05, 0.1) is 17.3 Å². The highest BCUT2D eigenvalue weighted by Crippen LogP contribution is 2.32. The van der Waals surface area contributed by atoms with Gasteiger partial charge in [-0.3, -0.25) is 0 Å². The Hall–Kier alpha value is -2.54. The SMILES string of the molecule is N#Cc1ccc(N2CCCCN2Cc2ccc(Cl)cc2)c2ccccc12. The summed E-state index contributed by atoms with van der Waals surface area (Å²) in [4.78, 5) is 0. The molecule has 0 radical (unpaired) electrons. The first-order valence-electron chi connectivity index (χ1n) is 8.95. The predicted octanol–water partition coefficient (Wildman–Crippen LogP) is 5.38. The Bertz CT molecular complexity index is 959. The fourth-order valence-corrected chi connectivity index (χ4v) is 3.79. The Morgan fingerprint density at radius 2 is 1.62 bits per heavy atom. The average molecular weight is 362 g/mol. The van der Waals surface area contributed by atoms with E-state index in [4.69, 9.17) is 11.6 Å². The van der Waals surface area contributed by atoms with Crippen LogP contribution in [-0.4, -0.2) is 18.1 Å². The van der Waals surface area contributed by atoms with Crippen LogP contribution < -0.4 is 5.01 Å². The fourth-order valence-electron chi connectivity index (χ4n) is 3.66. The first kappa shape index (κ1) is 16.9. The number of fused-ring (bicyclic) bond motifs is 1. The number of benzene rings is 3. The lowest BCUT2D eigenvalue weighted by atomic mass is 10.0. The smallest absolute Gasteiger partial charge is 0.0998 e. The molecule has 26 heavy (non-hydrogen) atoms. The van der Waals surface area contributed by atoms with Crippen LogP contribution in [0.3, 0.4) is 0 Å². The Kier molecular flexibility index (Phi) is 4.79. The molecule has 0 N–H and O–H groups in total. The van der Waals surface area contributed by atoms with Crippen molar-refractivity contribution >= 4 is 28.1 Å². The summed E-state index contributed by atoms with van der Waals surface area (Å²) in [5, 5.41) is 17.1.